The SMILES string of the molecule is C=CCN(C[C@H]1O[C@@]1(C)C#CCCCCCC)S(=O)(=O)c1ccc(C)cc1. The van der Waals surface area contributed by atoms with Gasteiger partial charge < -0.3 is 4.74 Å². The standard InChI is InChI=1S/C22H31NO3S/c1-5-7-8-9-10-11-16-22(4)21(26-22)18-23(17-6-2)27(24,25)20-14-12-19(3)13-15-20/h6,12-15,21H,2,5,7-10,17-18H2,1,3-4H3/t21-,22+/m1/s1. The van der Waals surface area contributed by atoms with Gasteiger partial charge in [0.15, 0.2) is 5.60 Å². The molecule has 0 saturated carbocycles. The lowest BCUT2D eigenvalue weighted by molar-refractivity contribution is 0.321. The molecule has 148 valence electrons. The number of epoxide rings is 1. The van der Waals surface area contributed by atoms with Crippen molar-refractivity contribution in [2.24, 2.45) is 0 Å². The van der Waals surface area contributed by atoms with Crippen molar-refractivity contribution in [3.05, 3.63) is 42.5 Å². The highest BCUT2D eigenvalue weighted by molar-refractivity contribution is 7.89. The molecule has 2 rings (SSSR count). The third kappa shape index (κ3) is 5.93. The predicted molar refractivity (Wildman–Crippen MR) is 110 cm³/mol. The Morgan fingerprint density at radius 3 is 2.59 bits per heavy atom. The second-order valence-corrected chi connectivity index (χ2v) is 9.19. The van der Waals surface area contributed by atoms with E-state index in [0.29, 0.717) is 4.90 Å². The number of hydrogen-bond acceptors (Lipinski definition) is 3. The van der Waals surface area contributed by atoms with Crippen LogP contribution in [0, 0.1) is 18.8 Å². The third-order valence-corrected chi connectivity index (χ3v) is 6.64. The predicted octanol–water partition coefficient (Wildman–Crippen LogP) is 4.30. The summed E-state index contributed by atoms with van der Waals surface area (Å²) < 4.78 is 33.1. The van der Waals surface area contributed by atoms with Crippen LogP contribution in [0.2, 0.25) is 0 Å². The maximum Gasteiger partial charge on any atom is 0.243 e. The topological polar surface area (TPSA) is 49.9 Å². The molecule has 27 heavy (non-hydrogen) atoms. The molecule has 0 aromatic heterocycles. The highest BCUT2D eigenvalue weighted by Gasteiger charge is 2.52. The van der Waals surface area contributed by atoms with Gasteiger partial charge >= 0.3 is 0 Å². The number of nitrogens with zero attached hydrogens (tertiary/aromatic N) is 1. The molecule has 1 aromatic rings. The van der Waals surface area contributed by atoms with E-state index in [1.807, 2.05) is 13.8 Å². The molecule has 0 amide bonds. The number of ether oxygens (including phenoxy) is 1. The Morgan fingerprint density at radius 1 is 1.26 bits per heavy atom. The number of benzene rings is 1. The first kappa shape index (κ1) is 21.7. The van der Waals surface area contributed by atoms with Crippen molar-refractivity contribution in [3.8, 4) is 11.8 Å². The van der Waals surface area contributed by atoms with E-state index in [0.717, 1.165) is 18.4 Å². The Bertz CT molecular complexity index is 789. The van der Waals surface area contributed by atoms with Crippen LogP contribution in [0.4, 0.5) is 0 Å². The van der Waals surface area contributed by atoms with E-state index >= 15 is 0 Å². The van der Waals surface area contributed by atoms with Crippen molar-refractivity contribution in [2.75, 3.05) is 13.1 Å². The summed E-state index contributed by atoms with van der Waals surface area (Å²) in [6.45, 7) is 10.3. The largest absolute Gasteiger partial charge is 0.351 e. The molecule has 0 aliphatic carbocycles. The minimum Gasteiger partial charge on any atom is -0.351 e. The van der Waals surface area contributed by atoms with E-state index in [4.69, 9.17) is 4.74 Å². The van der Waals surface area contributed by atoms with Gasteiger partial charge in [-0.15, -0.1) is 12.5 Å². The van der Waals surface area contributed by atoms with Gasteiger partial charge in [-0.25, -0.2) is 8.42 Å². The fourth-order valence-electron chi connectivity index (χ4n) is 2.92. The Labute approximate surface area is 164 Å². The molecule has 1 fully saturated rings. The van der Waals surface area contributed by atoms with Gasteiger partial charge in [0.1, 0.15) is 6.10 Å². The highest BCUT2D eigenvalue weighted by Crippen LogP contribution is 2.37. The minimum atomic E-state index is -3.59. The van der Waals surface area contributed by atoms with Crippen LogP contribution in [0.15, 0.2) is 41.8 Å². The van der Waals surface area contributed by atoms with Gasteiger partial charge in [0.2, 0.25) is 10.0 Å². The molecule has 0 unspecified atom stereocenters. The van der Waals surface area contributed by atoms with Crippen LogP contribution in [0.3, 0.4) is 0 Å². The maximum absolute atomic E-state index is 13.0. The van der Waals surface area contributed by atoms with Gasteiger partial charge in [-0.1, -0.05) is 55.9 Å². The average molecular weight is 390 g/mol. The molecular formula is C22H31NO3S. The summed E-state index contributed by atoms with van der Waals surface area (Å²) in [6, 6.07) is 6.90. The number of aryl methyl sites for hydroxylation is 1. The van der Waals surface area contributed by atoms with Gasteiger partial charge in [0, 0.05) is 19.5 Å². The minimum absolute atomic E-state index is 0.208. The molecular weight excluding hydrogens is 358 g/mol. The zero-order chi connectivity index (χ0) is 19.9. The van der Waals surface area contributed by atoms with Gasteiger partial charge in [-0.3, -0.25) is 0 Å². The van der Waals surface area contributed by atoms with E-state index < -0.39 is 15.6 Å². The second-order valence-electron chi connectivity index (χ2n) is 7.25. The zero-order valence-corrected chi connectivity index (χ0v) is 17.5. The first-order valence-corrected chi connectivity index (χ1v) is 11.1. The molecule has 0 spiro atoms. The Morgan fingerprint density at radius 2 is 1.96 bits per heavy atom. The van der Waals surface area contributed by atoms with Gasteiger partial charge in [-0.05, 0) is 32.4 Å². The molecule has 1 aliphatic heterocycles. The summed E-state index contributed by atoms with van der Waals surface area (Å²) in [6.07, 6.45) is 7.02. The molecule has 0 N–H and O–H groups in total. The lowest BCUT2D eigenvalue weighted by Crippen LogP contribution is -2.35. The third-order valence-electron chi connectivity index (χ3n) is 4.80. The summed E-state index contributed by atoms with van der Waals surface area (Å²) in [4.78, 5) is 0.291. The van der Waals surface area contributed by atoms with Crippen molar-refractivity contribution in [1.29, 1.82) is 0 Å². The van der Waals surface area contributed by atoms with E-state index in [2.05, 4.69) is 25.3 Å². The van der Waals surface area contributed by atoms with E-state index in [9.17, 15) is 8.42 Å². The lowest BCUT2D eigenvalue weighted by atomic mass is 10.1. The van der Waals surface area contributed by atoms with Gasteiger partial charge in [0.05, 0.1) is 4.90 Å². The van der Waals surface area contributed by atoms with Crippen LogP contribution in [0.25, 0.3) is 0 Å². The van der Waals surface area contributed by atoms with Crippen molar-refractivity contribution in [3.63, 3.8) is 0 Å². The fraction of sp³-hybridized carbons (Fsp3) is 0.545. The Hall–Kier alpha value is -1.61. The summed E-state index contributed by atoms with van der Waals surface area (Å²) in [7, 11) is -3.59. The molecule has 5 heteroatoms. The van der Waals surface area contributed by atoms with Crippen molar-refractivity contribution >= 4 is 10.0 Å². The van der Waals surface area contributed by atoms with Crippen LogP contribution >= 0.6 is 0 Å². The number of unbranched alkanes of at least 4 members (excludes halogenated alkanes) is 4. The summed E-state index contributed by atoms with van der Waals surface area (Å²) in [5.41, 5.74) is 0.476. The van der Waals surface area contributed by atoms with Crippen molar-refractivity contribution in [2.45, 2.75) is 69.5 Å². The number of sulfonamides is 1. The van der Waals surface area contributed by atoms with Crippen LogP contribution < -0.4 is 0 Å². The second kappa shape index (κ2) is 9.54. The molecule has 4 nitrogen and oxygen atoms in total. The van der Waals surface area contributed by atoms with E-state index in [1.165, 1.54) is 23.6 Å². The molecule has 0 bridgehead atoms. The summed E-state index contributed by atoms with van der Waals surface area (Å²) in [5, 5.41) is 0. The Balaban J connectivity index is 2.00. The molecule has 0 radical (unpaired) electrons. The molecule has 1 aliphatic rings. The molecule has 1 heterocycles. The Kier molecular flexibility index (Phi) is 7.67. The van der Waals surface area contributed by atoms with Crippen LogP contribution in [-0.4, -0.2) is 37.5 Å². The van der Waals surface area contributed by atoms with Gasteiger partial charge in [0.25, 0.3) is 0 Å². The quantitative estimate of drug-likeness (QED) is 0.259. The highest BCUT2D eigenvalue weighted by atomic mass is 32.2. The normalized spacial score (nSPS) is 21.6. The molecule has 2 atom stereocenters. The van der Waals surface area contributed by atoms with Gasteiger partial charge in [-0.2, -0.15) is 4.31 Å². The van der Waals surface area contributed by atoms with Crippen LogP contribution in [0.5, 0.6) is 0 Å². The number of hydrogen-bond donors (Lipinski definition) is 0. The molecule has 1 aromatic carbocycles. The first-order chi connectivity index (χ1) is 12.8. The first-order valence-electron chi connectivity index (χ1n) is 9.69. The molecule has 1 saturated heterocycles. The van der Waals surface area contributed by atoms with Crippen molar-refractivity contribution < 1.29 is 13.2 Å². The average Bonchev–Trinajstić information content (AvgIpc) is 3.27. The zero-order valence-electron chi connectivity index (χ0n) is 16.7. The lowest BCUT2D eigenvalue weighted by Gasteiger charge is -2.20. The number of rotatable bonds is 10. The van der Waals surface area contributed by atoms with E-state index in [-0.39, 0.29) is 19.2 Å². The van der Waals surface area contributed by atoms with E-state index in [1.54, 1.807) is 30.3 Å². The van der Waals surface area contributed by atoms with Crippen LogP contribution in [0.1, 0.15) is 51.5 Å². The van der Waals surface area contributed by atoms with Crippen LogP contribution in [-0.2, 0) is 14.8 Å². The smallest absolute Gasteiger partial charge is 0.243 e. The monoisotopic (exact) mass is 389 g/mol. The summed E-state index contributed by atoms with van der Waals surface area (Å²) in [5.74, 6) is 6.38. The van der Waals surface area contributed by atoms with Crippen molar-refractivity contribution in [1.82, 2.24) is 4.31 Å². The fourth-order valence-corrected chi connectivity index (χ4v) is 4.33. The maximum atomic E-state index is 13.0. The summed E-state index contributed by atoms with van der Waals surface area (Å²) >= 11 is 0.